The lowest BCUT2D eigenvalue weighted by Crippen LogP contribution is -2.03. The van der Waals surface area contributed by atoms with Crippen LogP contribution in [-0.2, 0) is 6.54 Å². The Morgan fingerprint density at radius 3 is 2.44 bits per heavy atom. The third-order valence-electron chi connectivity index (χ3n) is 4.52. The zero-order valence-electron chi connectivity index (χ0n) is 15.2. The van der Waals surface area contributed by atoms with E-state index in [0.717, 1.165) is 33.1 Å². The first-order valence-corrected chi connectivity index (χ1v) is 9.26. The molecule has 2 aromatic heterocycles. The van der Waals surface area contributed by atoms with Crippen LogP contribution in [0.1, 0.15) is 30.9 Å². The quantitative estimate of drug-likeness (QED) is 0.506. The Morgan fingerprint density at radius 2 is 1.74 bits per heavy atom. The molecule has 0 atom stereocenters. The molecule has 6 heteroatoms. The molecule has 0 fully saturated rings. The molecule has 5 nitrogen and oxygen atoms in total. The van der Waals surface area contributed by atoms with Crippen molar-refractivity contribution in [2.45, 2.75) is 26.3 Å². The van der Waals surface area contributed by atoms with E-state index in [9.17, 15) is 0 Å². The molecule has 0 bridgehead atoms. The maximum absolute atomic E-state index is 5.96. The van der Waals surface area contributed by atoms with Crippen molar-refractivity contribution < 1.29 is 0 Å². The van der Waals surface area contributed by atoms with Gasteiger partial charge >= 0.3 is 0 Å². The minimum Gasteiger partial charge on any atom is -0.340 e. The summed E-state index contributed by atoms with van der Waals surface area (Å²) in [6, 6.07) is 16.2. The van der Waals surface area contributed by atoms with Gasteiger partial charge in [0.05, 0.1) is 18.1 Å². The van der Waals surface area contributed by atoms with E-state index in [1.54, 1.807) is 12.5 Å². The number of halogens is 1. The van der Waals surface area contributed by atoms with Gasteiger partial charge in [-0.1, -0.05) is 49.7 Å². The van der Waals surface area contributed by atoms with Crippen molar-refractivity contribution in [3.8, 4) is 0 Å². The molecule has 0 saturated carbocycles. The zero-order chi connectivity index (χ0) is 18.8. The van der Waals surface area contributed by atoms with Gasteiger partial charge in [0.2, 0.25) is 0 Å². The van der Waals surface area contributed by atoms with Crippen molar-refractivity contribution in [3.05, 3.63) is 77.2 Å². The van der Waals surface area contributed by atoms with E-state index in [2.05, 4.69) is 58.5 Å². The van der Waals surface area contributed by atoms with Crippen molar-refractivity contribution in [1.82, 2.24) is 19.7 Å². The molecular formula is C21H20ClN5. The molecule has 0 saturated heterocycles. The van der Waals surface area contributed by atoms with E-state index in [1.165, 1.54) is 5.56 Å². The van der Waals surface area contributed by atoms with Gasteiger partial charge in [0, 0.05) is 10.7 Å². The number of benzene rings is 2. The summed E-state index contributed by atoms with van der Waals surface area (Å²) in [5.41, 5.74) is 4.21. The monoisotopic (exact) mass is 377 g/mol. The molecule has 4 aromatic rings. The minimum absolute atomic E-state index is 0.510. The maximum Gasteiger partial charge on any atom is 0.163 e. The van der Waals surface area contributed by atoms with E-state index in [0.29, 0.717) is 12.5 Å². The number of hydrogen-bond acceptors (Lipinski definition) is 4. The van der Waals surface area contributed by atoms with Crippen LogP contribution in [-0.4, -0.2) is 19.7 Å². The molecule has 0 aliphatic carbocycles. The molecule has 136 valence electrons. The highest BCUT2D eigenvalue weighted by molar-refractivity contribution is 6.30. The summed E-state index contributed by atoms with van der Waals surface area (Å²) in [6.45, 7) is 5.00. The maximum atomic E-state index is 5.96. The first kappa shape index (κ1) is 17.5. The fourth-order valence-corrected chi connectivity index (χ4v) is 3.09. The first-order chi connectivity index (χ1) is 13.1. The lowest BCUT2D eigenvalue weighted by molar-refractivity contribution is 0.704. The summed E-state index contributed by atoms with van der Waals surface area (Å²) in [4.78, 5) is 8.82. The van der Waals surface area contributed by atoms with E-state index in [1.807, 2.05) is 28.9 Å². The van der Waals surface area contributed by atoms with Crippen LogP contribution in [0.5, 0.6) is 0 Å². The van der Waals surface area contributed by atoms with Gasteiger partial charge in [-0.25, -0.2) is 14.6 Å². The number of aromatic nitrogens is 4. The minimum atomic E-state index is 0.510. The highest BCUT2D eigenvalue weighted by Crippen LogP contribution is 2.24. The summed E-state index contributed by atoms with van der Waals surface area (Å²) in [5, 5.41) is 9.48. The van der Waals surface area contributed by atoms with Gasteiger partial charge in [0.25, 0.3) is 0 Å². The summed E-state index contributed by atoms with van der Waals surface area (Å²) >= 11 is 5.96. The summed E-state index contributed by atoms with van der Waals surface area (Å²) in [6.07, 6.45) is 3.36. The molecule has 4 rings (SSSR count). The van der Waals surface area contributed by atoms with Crippen LogP contribution in [0.3, 0.4) is 0 Å². The predicted octanol–water partition coefficient (Wildman–Crippen LogP) is 5.40. The fourth-order valence-electron chi connectivity index (χ4n) is 2.96. The van der Waals surface area contributed by atoms with Crippen LogP contribution in [0, 0.1) is 0 Å². The Bertz CT molecular complexity index is 1050. The van der Waals surface area contributed by atoms with Gasteiger partial charge in [-0.2, -0.15) is 5.10 Å². The molecule has 0 aliphatic rings. The number of anilines is 2. The van der Waals surface area contributed by atoms with E-state index >= 15 is 0 Å². The SMILES string of the molecule is CC(C)c1ccc(Nc2ncnc3c2cnn3Cc2ccc(Cl)cc2)cc1. The van der Waals surface area contributed by atoms with Crippen LogP contribution in [0.4, 0.5) is 11.5 Å². The number of fused-ring (bicyclic) bond motifs is 1. The van der Waals surface area contributed by atoms with Crippen LogP contribution >= 0.6 is 11.6 Å². The molecule has 27 heavy (non-hydrogen) atoms. The fraction of sp³-hybridized carbons (Fsp3) is 0.190. The summed E-state index contributed by atoms with van der Waals surface area (Å²) in [5.74, 6) is 1.26. The number of nitrogens with zero attached hydrogens (tertiary/aromatic N) is 4. The Balaban J connectivity index is 1.61. The third kappa shape index (κ3) is 3.78. The standard InChI is InChI=1S/C21H20ClN5/c1-14(2)16-5-9-18(10-6-16)26-20-19-11-25-27(21(19)24-13-23-20)12-15-3-7-17(22)8-4-15/h3-11,13-14H,12H2,1-2H3,(H,23,24,26). The normalized spacial score (nSPS) is 11.3. The summed E-state index contributed by atoms with van der Waals surface area (Å²) < 4.78 is 1.87. The topological polar surface area (TPSA) is 55.6 Å². The molecule has 2 heterocycles. The second-order valence-corrected chi connectivity index (χ2v) is 7.23. The predicted molar refractivity (Wildman–Crippen MR) is 110 cm³/mol. The third-order valence-corrected chi connectivity index (χ3v) is 4.77. The number of hydrogen-bond donors (Lipinski definition) is 1. The van der Waals surface area contributed by atoms with Crippen LogP contribution < -0.4 is 5.32 Å². The molecule has 0 spiro atoms. The Morgan fingerprint density at radius 1 is 1.00 bits per heavy atom. The average Bonchev–Trinajstić information content (AvgIpc) is 3.08. The van der Waals surface area contributed by atoms with Gasteiger partial charge in [-0.05, 0) is 41.3 Å². The largest absolute Gasteiger partial charge is 0.340 e. The van der Waals surface area contributed by atoms with Crippen molar-refractivity contribution >= 4 is 34.1 Å². The second kappa shape index (κ2) is 7.37. The summed E-state index contributed by atoms with van der Waals surface area (Å²) in [7, 11) is 0. The van der Waals surface area contributed by atoms with Crippen LogP contribution in [0.15, 0.2) is 61.1 Å². The van der Waals surface area contributed by atoms with E-state index in [-0.39, 0.29) is 0 Å². The van der Waals surface area contributed by atoms with Crippen molar-refractivity contribution in [1.29, 1.82) is 0 Å². The Kier molecular flexibility index (Phi) is 4.77. The number of nitrogens with one attached hydrogen (secondary N) is 1. The molecule has 1 N–H and O–H groups in total. The van der Waals surface area contributed by atoms with Crippen molar-refractivity contribution in [2.24, 2.45) is 0 Å². The highest BCUT2D eigenvalue weighted by Gasteiger charge is 2.11. The zero-order valence-corrected chi connectivity index (χ0v) is 16.0. The average molecular weight is 378 g/mol. The van der Waals surface area contributed by atoms with Gasteiger partial charge in [0.15, 0.2) is 5.65 Å². The molecular weight excluding hydrogens is 358 g/mol. The molecule has 0 amide bonds. The van der Waals surface area contributed by atoms with Gasteiger partial charge in [-0.3, -0.25) is 0 Å². The smallest absolute Gasteiger partial charge is 0.163 e. The second-order valence-electron chi connectivity index (χ2n) is 6.79. The molecule has 0 aliphatic heterocycles. The lowest BCUT2D eigenvalue weighted by Gasteiger charge is -2.09. The van der Waals surface area contributed by atoms with Crippen molar-refractivity contribution in [2.75, 3.05) is 5.32 Å². The van der Waals surface area contributed by atoms with Gasteiger partial charge < -0.3 is 5.32 Å². The lowest BCUT2D eigenvalue weighted by atomic mass is 10.0. The van der Waals surface area contributed by atoms with Crippen LogP contribution in [0.25, 0.3) is 11.0 Å². The van der Waals surface area contributed by atoms with E-state index in [4.69, 9.17) is 11.6 Å². The molecule has 0 unspecified atom stereocenters. The molecule has 0 radical (unpaired) electrons. The highest BCUT2D eigenvalue weighted by atomic mass is 35.5. The Hall–Kier alpha value is -2.92. The number of rotatable bonds is 5. The van der Waals surface area contributed by atoms with Gasteiger partial charge in [-0.15, -0.1) is 0 Å². The first-order valence-electron chi connectivity index (χ1n) is 8.88. The van der Waals surface area contributed by atoms with E-state index < -0.39 is 0 Å². The van der Waals surface area contributed by atoms with Crippen molar-refractivity contribution in [3.63, 3.8) is 0 Å². The molecule has 2 aromatic carbocycles. The van der Waals surface area contributed by atoms with Crippen LogP contribution in [0.2, 0.25) is 5.02 Å². The van der Waals surface area contributed by atoms with Gasteiger partial charge in [0.1, 0.15) is 12.1 Å². The Labute approximate surface area is 163 Å².